The molecule has 1 aromatic carbocycles. The van der Waals surface area contributed by atoms with Gasteiger partial charge in [0.2, 0.25) is 5.91 Å². The normalized spacial score (nSPS) is 12.5. The van der Waals surface area contributed by atoms with Crippen molar-refractivity contribution in [3.05, 3.63) is 68.6 Å². The third kappa shape index (κ3) is 2.92. The summed E-state index contributed by atoms with van der Waals surface area (Å²) in [5, 5.41) is 0.0327. The maximum absolute atomic E-state index is 14.2. The van der Waals surface area contributed by atoms with Gasteiger partial charge >= 0.3 is 0 Å². The summed E-state index contributed by atoms with van der Waals surface area (Å²) < 4.78 is 19.7. The van der Waals surface area contributed by atoms with Gasteiger partial charge in [0.05, 0.1) is 16.5 Å². The van der Waals surface area contributed by atoms with Crippen molar-refractivity contribution in [3.63, 3.8) is 0 Å². The Kier molecular flexibility index (Phi) is 4.15. The van der Waals surface area contributed by atoms with Gasteiger partial charge in [-0.05, 0) is 31.2 Å². The molecule has 24 heavy (non-hydrogen) atoms. The summed E-state index contributed by atoms with van der Waals surface area (Å²) in [7, 11) is 0. The highest BCUT2D eigenvalue weighted by atomic mass is 35.5. The zero-order valence-corrected chi connectivity index (χ0v) is 13.5. The van der Waals surface area contributed by atoms with Gasteiger partial charge in [-0.15, -0.1) is 0 Å². The predicted molar refractivity (Wildman–Crippen MR) is 88.6 cm³/mol. The van der Waals surface area contributed by atoms with Crippen LogP contribution in [0, 0.1) is 12.7 Å². The molecule has 0 aliphatic rings. The summed E-state index contributed by atoms with van der Waals surface area (Å²) in [6.45, 7) is 1.78. The fourth-order valence-corrected chi connectivity index (χ4v) is 2.78. The van der Waals surface area contributed by atoms with Crippen LogP contribution in [-0.2, 0) is 11.2 Å². The molecule has 0 fully saturated rings. The number of aromatic amines is 1. The first-order valence-corrected chi connectivity index (χ1v) is 7.60. The van der Waals surface area contributed by atoms with Gasteiger partial charge < -0.3 is 15.1 Å². The minimum absolute atomic E-state index is 0.0492. The van der Waals surface area contributed by atoms with Crippen LogP contribution in [0.25, 0.3) is 10.9 Å². The van der Waals surface area contributed by atoms with E-state index < -0.39 is 23.1 Å². The number of aromatic nitrogens is 1. The lowest BCUT2D eigenvalue weighted by atomic mass is 9.97. The maximum atomic E-state index is 14.2. The summed E-state index contributed by atoms with van der Waals surface area (Å²) in [6, 6.07) is 7.47. The number of carbonyl (C=O) groups excluding carboxylic acids is 1. The number of nitrogens with two attached hydrogens (primary N) is 1. The number of benzene rings is 1. The van der Waals surface area contributed by atoms with Crippen LogP contribution in [0.5, 0.6) is 0 Å². The minimum atomic E-state index is -0.856. The molecular formula is C17H14ClFN2O3. The van der Waals surface area contributed by atoms with Gasteiger partial charge in [-0.3, -0.25) is 9.59 Å². The second-order valence-corrected chi connectivity index (χ2v) is 5.95. The third-order valence-corrected chi connectivity index (χ3v) is 4.13. The Balaban J connectivity index is 2.12. The lowest BCUT2D eigenvalue weighted by Crippen LogP contribution is -2.25. The van der Waals surface area contributed by atoms with Crippen molar-refractivity contribution in [1.82, 2.24) is 4.98 Å². The monoisotopic (exact) mass is 348 g/mol. The smallest absolute Gasteiger partial charge is 0.226 e. The number of furan rings is 1. The van der Waals surface area contributed by atoms with Crippen molar-refractivity contribution in [2.24, 2.45) is 5.73 Å². The molecule has 0 aliphatic heterocycles. The van der Waals surface area contributed by atoms with Crippen molar-refractivity contribution in [2.45, 2.75) is 19.3 Å². The summed E-state index contributed by atoms with van der Waals surface area (Å²) in [5.41, 5.74) is 5.21. The van der Waals surface area contributed by atoms with E-state index in [-0.39, 0.29) is 28.0 Å². The molecule has 0 radical (unpaired) electrons. The summed E-state index contributed by atoms with van der Waals surface area (Å²) in [6.07, 6.45) is 0.160. The van der Waals surface area contributed by atoms with Crippen LogP contribution in [0.1, 0.15) is 23.1 Å². The zero-order chi connectivity index (χ0) is 17.4. The largest absolute Gasteiger partial charge is 0.466 e. The Bertz CT molecular complexity index is 993. The molecule has 124 valence electrons. The summed E-state index contributed by atoms with van der Waals surface area (Å²) in [4.78, 5) is 26.9. The van der Waals surface area contributed by atoms with Crippen LogP contribution in [0.4, 0.5) is 4.39 Å². The zero-order valence-electron chi connectivity index (χ0n) is 12.7. The average molecular weight is 349 g/mol. The van der Waals surface area contributed by atoms with Crippen LogP contribution in [-0.4, -0.2) is 10.9 Å². The highest BCUT2D eigenvalue weighted by molar-refractivity contribution is 6.31. The molecule has 1 amide bonds. The Morgan fingerprint density at radius 2 is 2.12 bits per heavy atom. The van der Waals surface area contributed by atoms with E-state index in [0.717, 1.165) is 0 Å². The first-order valence-electron chi connectivity index (χ1n) is 7.22. The van der Waals surface area contributed by atoms with Crippen LogP contribution in [0.15, 0.2) is 39.5 Å². The third-order valence-electron chi connectivity index (χ3n) is 3.84. The van der Waals surface area contributed by atoms with E-state index in [0.29, 0.717) is 11.5 Å². The van der Waals surface area contributed by atoms with Gasteiger partial charge in [-0.1, -0.05) is 11.6 Å². The van der Waals surface area contributed by atoms with Crippen LogP contribution in [0.2, 0.25) is 5.02 Å². The second kappa shape index (κ2) is 6.13. The van der Waals surface area contributed by atoms with E-state index in [1.54, 1.807) is 19.1 Å². The van der Waals surface area contributed by atoms with Gasteiger partial charge in [0, 0.05) is 23.6 Å². The number of hydrogen-bond donors (Lipinski definition) is 2. The van der Waals surface area contributed by atoms with E-state index in [9.17, 15) is 14.0 Å². The summed E-state index contributed by atoms with van der Waals surface area (Å²) in [5.74, 6) is -1.01. The molecule has 7 heteroatoms. The van der Waals surface area contributed by atoms with Crippen molar-refractivity contribution < 1.29 is 13.6 Å². The number of primary amides is 1. The Labute approximate surface area is 141 Å². The second-order valence-electron chi connectivity index (χ2n) is 5.54. The van der Waals surface area contributed by atoms with Gasteiger partial charge in [0.25, 0.3) is 0 Å². The number of hydrogen-bond acceptors (Lipinski definition) is 3. The van der Waals surface area contributed by atoms with Crippen molar-refractivity contribution in [3.8, 4) is 0 Å². The molecule has 3 aromatic rings. The van der Waals surface area contributed by atoms with Gasteiger partial charge in [-0.25, -0.2) is 4.39 Å². The lowest BCUT2D eigenvalue weighted by molar-refractivity contribution is -0.119. The molecule has 1 unspecified atom stereocenters. The molecular weight excluding hydrogens is 335 g/mol. The average Bonchev–Trinajstić information content (AvgIpc) is 2.94. The van der Waals surface area contributed by atoms with E-state index in [1.165, 1.54) is 18.2 Å². The highest BCUT2D eigenvalue weighted by Crippen LogP contribution is 2.25. The molecule has 0 saturated carbocycles. The van der Waals surface area contributed by atoms with Crippen LogP contribution in [0.3, 0.4) is 0 Å². The molecule has 0 saturated heterocycles. The Hall–Kier alpha value is -2.60. The molecule has 5 nitrogen and oxygen atoms in total. The molecule has 3 rings (SSSR count). The van der Waals surface area contributed by atoms with Crippen LogP contribution >= 0.6 is 11.6 Å². The molecule has 0 bridgehead atoms. The summed E-state index contributed by atoms with van der Waals surface area (Å²) >= 11 is 5.76. The first-order chi connectivity index (χ1) is 11.4. The molecule has 0 aliphatic carbocycles. The minimum Gasteiger partial charge on any atom is -0.466 e. The maximum Gasteiger partial charge on any atom is 0.226 e. The van der Waals surface area contributed by atoms with Gasteiger partial charge in [0.1, 0.15) is 11.5 Å². The number of halogens is 2. The van der Waals surface area contributed by atoms with E-state index in [2.05, 4.69) is 4.98 Å². The van der Waals surface area contributed by atoms with Crippen molar-refractivity contribution in [1.29, 1.82) is 0 Å². The fourth-order valence-electron chi connectivity index (χ4n) is 2.63. The number of aryl methyl sites for hydroxylation is 1. The predicted octanol–water partition coefficient (Wildman–Crippen LogP) is 3.03. The number of amides is 1. The lowest BCUT2D eigenvalue weighted by Gasteiger charge is -2.14. The first kappa shape index (κ1) is 16.3. The molecule has 3 N–H and O–H groups in total. The van der Waals surface area contributed by atoms with E-state index in [4.69, 9.17) is 21.8 Å². The molecule has 2 heterocycles. The molecule has 0 spiro atoms. The Morgan fingerprint density at radius 1 is 1.38 bits per heavy atom. The standard InChI is InChI=1S/C17H14ClFN2O3/c1-8-2-3-9(24-8)6-11(17(20)23)13-7-14(22)10-4-5-12(18)15(19)16(10)21-13/h2-5,7,11H,6H2,1H3,(H2,20,23)(H,21,22). The number of H-pyrrole nitrogens is 1. The SMILES string of the molecule is Cc1ccc(CC(C(N)=O)c2cc(=O)c3ccc(Cl)c(F)c3[nH]2)o1. The van der Waals surface area contributed by atoms with E-state index >= 15 is 0 Å². The van der Waals surface area contributed by atoms with E-state index in [1.807, 2.05) is 0 Å². The van der Waals surface area contributed by atoms with Crippen LogP contribution < -0.4 is 11.2 Å². The Morgan fingerprint density at radius 3 is 2.75 bits per heavy atom. The highest BCUT2D eigenvalue weighted by Gasteiger charge is 2.23. The number of fused-ring (bicyclic) bond motifs is 1. The van der Waals surface area contributed by atoms with Gasteiger partial charge in [0.15, 0.2) is 11.2 Å². The van der Waals surface area contributed by atoms with Crippen molar-refractivity contribution in [2.75, 3.05) is 0 Å². The fraction of sp³-hybridized carbons (Fsp3) is 0.176. The number of rotatable bonds is 4. The molecule has 1 atom stereocenters. The number of nitrogens with one attached hydrogen (secondary N) is 1. The number of carbonyl (C=O) groups is 1. The quantitative estimate of drug-likeness (QED) is 0.759. The van der Waals surface area contributed by atoms with Crippen molar-refractivity contribution >= 4 is 28.4 Å². The number of pyridine rings is 1. The molecule has 2 aromatic heterocycles. The van der Waals surface area contributed by atoms with Gasteiger partial charge in [-0.2, -0.15) is 0 Å². The topological polar surface area (TPSA) is 89.1 Å².